The first-order chi connectivity index (χ1) is 15.6. The third-order valence-corrected chi connectivity index (χ3v) is 5.40. The van der Waals surface area contributed by atoms with Gasteiger partial charge in [0.25, 0.3) is 0 Å². The van der Waals surface area contributed by atoms with Crippen molar-refractivity contribution in [1.82, 2.24) is 19.4 Å². The summed E-state index contributed by atoms with van der Waals surface area (Å²) in [5.74, 6) is 1.04. The summed E-state index contributed by atoms with van der Waals surface area (Å²) < 4.78 is 1.95. The van der Waals surface area contributed by atoms with Crippen LogP contribution in [0.3, 0.4) is 0 Å². The second-order valence-electron chi connectivity index (χ2n) is 7.97. The van der Waals surface area contributed by atoms with E-state index in [4.69, 9.17) is 5.73 Å². The number of hydrogen-bond donors (Lipinski definition) is 2. The molecule has 0 saturated heterocycles. The average Bonchev–Trinajstić information content (AvgIpc) is 3.22. The van der Waals surface area contributed by atoms with E-state index in [1.165, 1.54) is 38.4 Å². The zero-order chi connectivity index (χ0) is 22.8. The van der Waals surface area contributed by atoms with Crippen LogP contribution in [-0.2, 0) is 0 Å². The van der Waals surface area contributed by atoms with Crippen LogP contribution < -0.4 is 11.1 Å². The van der Waals surface area contributed by atoms with Gasteiger partial charge >= 0.3 is 0 Å². The SMILES string of the molecule is C=N/C=C(C)\C(=N/CN)c1cnc2ccc(Nc3cncnc3)cn12.CC1CCCCC1. The Morgan fingerprint density at radius 1 is 1.19 bits per heavy atom. The number of pyridine rings is 1. The standard InChI is InChI=1S/C17H18N8.C7H14/c1-12(5-19-2)17(23-10-18)15-8-22-16-4-3-13(9-25(15)16)24-14-6-20-11-21-7-14;1-7-5-3-2-4-6-7/h3-9,11,24H,2,10,18H2,1H3;7H,2-6H2,1H3/b12-5-,23-17+;. The minimum absolute atomic E-state index is 0.171. The van der Waals surface area contributed by atoms with Gasteiger partial charge in [-0.25, -0.2) is 15.0 Å². The smallest absolute Gasteiger partial charge is 0.137 e. The molecule has 32 heavy (non-hydrogen) atoms. The van der Waals surface area contributed by atoms with Crippen LogP contribution in [0.4, 0.5) is 11.4 Å². The average molecular weight is 433 g/mol. The van der Waals surface area contributed by atoms with Crippen LogP contribution in [-0.4, -0.2) is 38.5 Å². The molecule has 168 valence electrons. The molecule has 8 nitrogen and oxygen atoms in total. The Labute approximate surface area is 189 Å². The fraction of sp³-hybridized carbons (Fsp3) is 0.375. The number of aromatic nitrogens is 4. The third kappa shape index (κ3) is 6.31. The van der Waals surface area contributed by atoms with E-state index in [0.717, 1.165) is 39.9 Å². The largest absolute Gasteiger partial charge is 0.352 e. The first kappa shape index (κ1) is 23.3. The summed E-state index contributed by atoms with van der Waals surface area (Å²) in [5, 5.41) is 3.26. The molecule has 0 radical (unpaired) electrons. The fourth-order valence-corrected chi connectivity index (χ4v) is 3.76. The Balaban J connectivity index is 0.000000352. The van der Waals surface area contributed by atoms with Crippen molar-refractivity contribution in [1.29, 1.82) is 0 Å². The normalized spacial score (nSPS) is 15.2. The van der Waals surface area contributed by atoms with Crippen molar-refractivity contribution in [3.63, 3.8) is 0 Å². The number of allylic oxidation sites excluding steroid dienone is 1. The molecule has 8 heteroatoms. The molecule has 0 bridgehead atoms. The number of aliphatic imine (C=N–C) groups is 2. The zero-order valence-electron chi connectivity index (χ0n) is 18.9. The molecule has 4 rings (SSSR count). The molecule has 1 fully saturated rings. The van der Waals surface area contributed by atoms with E-state index in [0.29, 0.717) is 0 Å². The second kappa shape index (κ2) is 11.9. The van der Waals surface area contributed by atoms with Gasteiger partial charge in [-0.2, -0.15) is 0 Å². The molecule has 0 aromatic carbocycles. The summed E-state index contributed by atoms with van der Waals surface area (Å²) in [6, 6.07) is 3.85. The molecule has 0 amide bonds. The topological polar surface area (TPSA) is 106 Å². The molecule has 0 aliphatic heterocycles. The van der Waals surface area contributed by atoms with Crippen LogP contribution in [0, 0.1) is 5.92 Å². The summed E-state index contributed by atoms with van der Waals surface area (Å²) in [7, 11) is 0. The number of fused-ring (bicyclic) bond motifs is 1. The van der Waals surface area contributed by atoms with Gasteiger partial charge in [0, 0.05) is 12.4 Å². The predicted octanol–water partition coefficient (Wildman–Crippen LogP) is 4.76. The molecule has 0 unspecified atom stereocenters. The van der Waals surface area contributed by atoms with Crippen molar-refractivity contribution in [2.45, 2.75) is 46.0 Å². The minimum atomic E-state index is 0.171. The number of nitrogens with zero attached hydrogens (tertiary/aromatic N) is 6. The van der Waals surface area contributed by atoms with Crippen LogP contribution in [0.2, 0.25) is 0 Å². The highest BCUT2D eigenvalue weighted by Crippen LogP contribution is 2.22. The van der Waals surface area contributed by atoms with Crippen LogP contribution in [0.5, 0.6) is 0 Å². The van der Waals surface area contributed by atoms with E-state index in [-0.39, 0.29) is 6.67 Å². The Morgan fingerprint density at radius 3 is 2.56 bits per heavy atom. The maximum Gasteiger partial charge on any atom is 0.137 e. The Kier molecular flexibility index (Phi) is 8.62. The van der Waals surface area contributed by atoms with Crippen LogP contribution in [0.25, 0.3) is 5.65 Å². The molecule has 0 atom stereocenters. The first-order valence-corrected chi connectivity index (χ1v) is 11.0. The van der Waals surface area contributed by atoms with Gasteiger partial charge in [0.05, 0.1) is 48.0 Å². The molecule has 3 heterocycles. The molecular weight excluding hydrogens is 400 g/mol. The van der Waals surface area contributed by atoms with Gasteiger partial charge in [0.1, 0.15) is 12.0 Å². The number of imidazole rings is 1. The van der Waals surface area contributed by atoms with E-state index in [1.54, 1.807) is 24.8 Å². The van der Waals surface area contributed by atoms with E-state index < -0.39 is 0 Å². The van der Waals surface area contributed by atoms with E-state index in [1.807, 2.05) is 29.7 Å². The number of rotatable bonds is 6. The molecule has 3 aromatic rings. The molecule has 0 spiro atoms. The maximum atomic E-state index is 5.63. The van der Waals surface area contributed by atoms with E-state index >= 15 is 0 Å². The van der Waals surface area contributed by atoms with Gasteiger partial charge < -0.3 is 11.1 Å². The van der Waals surface area contributed by atoms with Crippen molar-refractivity contribution in [2.75, 3.05) is 12.0 Å². The summed E-state index contributed by atoms with van der Waals surface area (Å²) in [4.78, 5) is 20.6. The lowest BCUT2D eigenvalue weighted by atomic mass is 9.91. The highest BCUT2D eigenvalue weighted by molar-refractivity contribution is 6.11. The zero-order valence-corrected chi connectivity index (χ0v) is 18.9. The van der Waals surface area contributed by atoms with Crippen molar-refractivity contribution in [3.05, 3.63) is 60.7 Å². The maximum absolute atomic E-state index is 5.63. The van der Waals surface area contributed by atoms with Crippen LogP contribution in [0.1, 0.15) is 51.6 Å². The number of anilines is 2. The summed E-state index contributed by atoms with van der Waals surface area (Å²) in [5.41, 5.74) is 10.5. The summed E-state index contributed by atoms with van der Waals surface area (Å²) >= 11 is 0. The molecule has 3 N–H and O–H groups in total. The third-order valence-electron chi connectivity index (χ3n) is 5.40. The Hall–Kier alpha value is -3.39. The first-order valence-electron chi connectivity index (χ1n) is 11.0. The molecule has 1 saturated carbocycles. The van der Waals surface area contributed by atoms with E-state index in [9.17, 15) is 0 Å². The monoisotopic (exact) mass is 432 g/mol. The molecular formula is C24H32N8. The minimum Gasteiger partial charge on any atom is -0.352 e. The summed E-state index contributed by atoms with van der Waals surface area (Å²) in [6.45, 7) is 7.93. The number of nitrogens with two attached hydrogens (primary N) is 1. The van der Waals surface area contributed by atoms with Crippen LogP contribution in [0.15, 0.2) is 65.0 Å². The van der Waals surface area contributed by atoms with E-state index in [2.05, 4.69) is 43.9 Å². The number of hydrogen-bond acceptors (Lipinski definition) is 7. The van der Waals surface area contributed by atoms with Crippen molar-refractivity contribution in [3.8, 4) is 0 Å². The van der Waals surface area contributed by atoms with Crippen LogP contribution >= 0.6 is 0 Å². The van der Waals surface area contributed by atoms with Crippen molar-refractivity contribution in [2.24, 2.45) is 21.6 Å². The van der Waals surface area contributed by atoms with Crippen molar-refractivity contribution >= 4 is 29.5 Å². The highest BCUT2D eigenvalue weighted by Gasteiger charge is 2.12. The van der Waals surface area contributed by atoms with Gasteiger partial charge in [-0.05, 0) is 37.3 Å². The molecule has 3 aromatic heterocycles. The van der Waals surface area contributed by atoms with Crippen molar-refractivity contribution < 1.29 is 0 Å². The fourth-order valence-electron chi connectivity index (χ4n) is 3.76. The lowest BCUT2D eigenvalue weighted by molar-refractivity contribution is 0.385. The van der Waals surface area contributed by atoms with Gasteiger partial charge in [0.15, 0.2) is 0 Å². The van der Waals surface area contributed by atoms with Gasteiger partial charge in [0.2, 0.25) is 0 Å². The second-order valence-corrected chi connectivity index (χ2v) is 7.97. The quantitative estimate of drug-likeness (QED) is 0.546. The lowest BCUT2D eigenvalue weighted by Crippen LogP contribution is -2.10. The number of nitrogens with one attached hydrogen (secondary N) is 1. The predicted molar refractivity (Wildman–Crippen MR) is 132 cm³/mol. The summed E-state index contributed by atoms with van der Waals surface area (Å²) in [6.07, 6.45) is 17.7. The highest BCUT2D eigenvalue weighted by atomic mass is 15.0. The lowest BCUT2D eigenvalue weighted by Gasteiger charge is -2.15. The Bertz CT molecular complexity index is 1060. The molecule has 1 aliphatic rings. The molecule has 1 aliphatic carbocycles. The van der Waals surface area contributed by atoms with Gasteiger partial charge in [-0.1, -0.05) is 39.0 Å². The Morgan fingerprint density at radius 2 is 1.94 bits per heavy atom. The van der Waals surface area contributed by atoms with Gasteiger partial charge in [-0.3, -0.25) is 14.4 Å². The van der Waals surface area contributed by atoms with Gasteiger partial charge in [-0.15, -0.1) is 0 Å².